The van der Waals surface area contributed by atoms with E-state index in [1.807, 2.05) is 29.9 Å². The van der Waals surface area contributed by atoms with Gasteiger partial charge in [-0.05, 0) is 44.9 Å². The van der Waals surface area contributed by atoms with Gasteiger partial charge in [0.1, 0.15) is 0 Å². The van der Waals surface area contributed by atoms with Crippen molar-refractivity contribution in [2.24, 2.45) is 7.05 Å². The van der Waals surface area contributed by atoms with Crippen LogP contribution in [-0.2, 0) is 13.5 Å². The summed E-state index contributed by atoms with van der Waals surface area (Å²) < 4.78 is 1.96. The molecule has 2 aromatic rings. The summed E-state index contributed by atoms with van der Waals surface area (Å²) in [5, 5.41) is 9.03. The molecule has 1 unspecified atom stereocenters. The van der Waals surface area contributed by atoms with Crippen molar-refractivity contribution in [1.29, 1.82) is 0 Å². The highest BCUT2D eigenvalue weighted by Gasteiger charge is 2.20. The van der Waals surface area contributed by atoms with Crippen LogP contribution in [0, 0.1) is 13.8 Å². The molecule has 3 nitrogen and oxygen atoms in total. The Morgan fingerprint density at radius 3 is 2.57 bits per heavy atom. The van der Waals surface area contributed by atoms with Crippen molar-refractivity contribution in [1.82, 2.24) is 15.1 Å². The van der Waals surface area contributed by atoms with Gasteiger partial charge in [-0.2, -0.15) is 5.10 Å². The van der Waals surface area contributed by atoms with Gasteiger partial charge in [0.15, 0.2) is 0 Å². The molecule has 0 amide bonds. The molecule has 1 atom stereocenters. The molecule has 21 heavy (non-hydrogen) atoms. The van der Waals surface area contributed by atoms with Gasteiger partial charge in [-0.1, -0.05) is 36.7 Å². The number of aromatic nitrogens is 2. The first-order valence-corrected chi connectivity index (χ1v) is 7.89. The lowest BCUT2D eigenvalue weighted by molar-refractivity contribution is 0.524. The first kappa shape index (κ1) is 16.1. The highest BCUT2D eigenvalue weighted by Crippen LogP contribution is 2.27. The van der Waals surface area contributed by atoms with Crippen molar-refractivity contribution >= 4 is 11.6 Å². The molecule has 114 valence electrons. The maximum atomic E-state index is 6.33. The topological polar surface area (TPSA) is 29.9 Å². The molecule has 0 aliphatic carbocycles. The van der Waals surface area contributed by atoms with Gasteiger partial charge in [0, 0.05) is 29.4 Å². The first-order chi connectivity index (χ1) is 10.0. The van der Waals surface area contributed by atoms with Gasteiger partial charge in [-0.3, -0.25) is 4.68 Å². The summed E-state index contributed by atoms with van der Waals surface area (Å²) >= 11 is 6.33. The molecule has 1 aromatic heterocycles. The second-order valence-corrected chi connectivity index (χ2v) is 5.92. The number of hydrogen-bond donors (Lipinski definition) is 1. The Hall–Kier alpha value is -1.32. The third kappa shape index (κ3) is 3.66. The lowest BCUT2D eigenvalue weighted by Crippen LogP contribution is -2.25. The van der Waals surface area contributed by atoms with E-state index in [0.717, 1.165) is 30.1 Å². The maximum absolute atomic E-state index is 6.33. The zero-order chi connectivity index (χ0) is 15.4. The van der Waals surface area contributed by atoms with Crippen molar-refractivity contribution in [3.8, 4) is 0 Å². The summed E-state index contributed by atoms with van der Waals surface area (Å²) in [6.07, 6.45) is 1.99. The number of rotatable bonds is 6. The Kier molecular flexibility index (Phi) is 5.43. The van der Waals surface area contributed by atoms with Crippen LogP contribution < -0.4 is 5.32 Å². The molecule has 0 aliphatic heterocycles. The van der Waals surface area contributed by atoms with Crippen LogP contribution in [0.2, 0.25) is 5.02 Å². The smallest absolute Gasteiger partial charge is 0.0644 e. The fourth-order valence-corrected chi connectivity index (χ4v) is 2.99. The molecule has 4 heteroatoms. The number of nitrogens with zero attached hydrogens (tertiary/aromatic N) is 2. The molecule has 1 N–H and O–H groups in total. The third-order valence-corrected chi connectivity index (χ3v) is 4.30. The fraction of sp³-hybridized carbons (Fsp3) is 0.471. The van der Waals surface area contributed by atoms with Crippen molar-refractivity contribution in [2.45, 2.75) is 39.7 Å². The van der Waals surface area contributed by atoms with Crippen LogP contribution in [0.5, 0.6) is 0 Å². The van der Waals surface area contributed by atoms with E-state index in [4.69, 9.17) is 11.6 Å². The number of hydrogen-bond acceptors (Lipinski definition) is 2. The number of halogens is 1. The Morgan fingerprint density at radius 1 is 1.29 bits per heavy atom. The second kappa shape index (κ2) is 7.10. The summed E-state index contributed by atoms with van der Waals surface area (Å²) in [6.45, 7) is 7.38. The summed E-state index contributed by atoms with van der Waals surface area (Å²) in [4.78, 5) is 0. The third-order valence-electron chi connectivity index (χ3n) is 3.94. The van der Waals surface area contributed by atoms with Crippen LogP contribution in [0.25, 0.3) is 0 Å². The summed E-state index contributed by atoms with van der Waals surface area (Å²) in [5.74, 6) is 0. The van der Waals surface area contributed by atoms with Gasteiger partial charge in [0.25, 0.3) is 0 Å². The van der Waals surface area contributed by atoms with Crippen LogP contribution in [0.15, 0.2) is 24.3 Å². The molecule has 0 bridgehead atoms. The summed E-state index contributed by atoms with van der Waals surface area (Å²) in [5.41, 5.74) is 4.78. The molecular weight excluding hydrogens is 282 g/mol. The summed E-state index contributed by atoms with van der Waals surface area (Å²) in [7, 11) is 2.00. The van der Waals surface area contributed by atoms with E-state index in [-0.39, 0.29) is 6.04 Å². The minimum atomic E-state index is 0.249. The van der Waals surface area contributed by atoms with Crippen molar-refractivity contribution in [3.63, 3.8) is 0 Å². The molecule has 2 rings (SSSR count). The average Bonchev–Trinajstić information content (AvgIpc) is 2.71. The highest BCUT2D eigenvalue weighted by molar-refractivity contribution is 6.31. The Bertz CT molecular complexity index is 604. The predicted octanol–water partition coefficient (Wildman–Crippen LogP) is 3.97. The quantitative estimate of drug-likeness (QED) is 0.875. The van der Waals surface area contributed by atoms with E-state index < -0.39 is 0 Å². The van der Waals surface area contributed by atoms with E-state index >= 15 is 0 Å². The highest BCUT2D eigenvalue weighted by atomic mass is 35.5. The first-order valence-electron chi connectivity index (χ1n) is 7.51. The SMILES string of the molecule is CCCNC(Cc1ccccc1Cl)c1c(C)nn(C)c1C. The van der Waals surface area contributed by atoms with Crippen LogP contribution >= 0.6 is 11.6 Å². The van der Waals surface area contributed by atoms with Crippen LogP contribution in [0.3, 0.4) is 0 Å². The van der Waals surface area contributed by atoms with Crippen LogP contribution in [-0.4, -0.2) is 16.3 Å². The minimum absolute atomic E-state index is 0.249. The standard InChI is InChI=1S/C17H24ClN3/c1-5-10-19-16(11-14-8-6-7-9-15(14)18)17-12(2)20-21(4)13(17)3/h6-9,16,19H,5,10-11H2,1-4H3. The summed E-state index contributed by atoms with van der Waals surface area (Å²) in [6, 6.07) is 8.32. The average molecular weight is 306 g/mol. The molecule has 0 radical (unpaired) electrons. The molecule has 0 fully saturated rings. The van der Waals surface area contributed by atoms with E-state index in [0.29, 0.717) is 0 Å². The molecule has 0 aliphatic rings. The molecule has 0 spiro atoms. The molecule has 1 heterocycles. The van der Waals surface area contributed by atoms with Gasteiger partial charge in [0.05, 0.1) is 5.69 Å². The van der Waals surface area contributed by atoms with Crippen molar-refractivity contribution in [2.75, 3.05) is 6.54 Å². The van der Waals surface area contributed by atoms with Gasteiger partial charge in [0.2, 0.25) is 0 Å². The second-order valence-electron chi connectivity index (χ2n) is 5.51. The molecular formula is C17H24ClN3. The van der Waals surface area contributed by atoms with E-state index in [1.54, 1.807) is 0 Å². The normalized spacial score (nSPS) is 12.6. The van der Waals surface area contributed by atoms with Crippen molar-refractivity contribution < 1.29 is 0 Å². The Labute approximate surface area is 132 Å². The van der Waals surface area contributed by atoms with Crippen LogP contribution in [0.1, 0.15) is 41.9 Å². The van der Waals surface area contributed by atoms with E-state index in [9.17, 15) is 0 Å². The van der Waals surface area contributed by atoms with Gasteiger partial charge in [-0.15, -0.1) is 0 Å². The zero-order valence-corrected chi connectivity index (χ0v) is 14.0. The molecule has 0 saturated carbocycles. The lowest BCUT2D eigenvalue weighted by Gasteiger charge is -2.20. The monoisotopic (exact) mass is 305 g/mol. The van der Waals surface area contributed by atoms with E-state index in [1.165, 1.54) is 16.8 Å². The maximum Gasteiger partial charge on any atom is 0.0644 e. The number of nitrogens with one attached hydrogen (secondary N) is 1. The largest absolute Gasteiger partial charge is 0.310 e. The van der Waals surface area contributed by atoms with Crippen LogP contribution in [0.4, 0.5) is 0 Å². The van der Waals surface area contributed by atoms with E-state index in [2.05, 4.69) is 37.3 Å². The fourth-order valence-electron chi connectivity index (χ4n) is 2.77. The Balaban J connectivity index is 2.32. The minimum Gasteiger partial charge on any atom is -0.310 e. The zero-order valence-electron chi connectivity index (χ0n) is 13.3. The Morgan fingerprint density at radius 2 is 2.00 bits per heavy atom. The predicted molar refractivity (Wildman–Crippen MR) is 88.9 cm³/mol. The molecule has 0 saturated heterocycles. The van der Waals surface area contributed by atoms with Crippen molar-refractivity contribution in [3.05, 3.63) is 51.8 Å². The molecule has 1 aromatic carbocycles. The van der Waals surface area contributed by atoms with Gasteiger partial charge >= 0.3 is 0 Å². The van der Waals surface area contributed by atoms with Gasteiger partial charge in [-0.25, -0.2) is 0 Å². The number of benzene rings is 1. The van der Waals surface area contributed by atoms with Gasteiger partial charge < -0.3 is 5.32 Å². The number of aryl methyl sites for hydroxylation is 2. The lowest BCUT2D eigenvalue weighted by atomic mass is 9.97.